The van der Waals surface area contributed by atoms with Crippen molar-refractivity contribution in [2.45, 2.75) is 6.42 Å². The fraction of sp³-hybridized carbons (Fsp3) is 0.333. The number of benzene rings is 1. The lowest BCUT2D eigenvalue weighted by atomic mass is 10.1. The van der Waals surface area contributed by atoms with E-state index >= 15 is 0 Å². The predicted molar refractivity (Wildman–Crippen MR) is 50.2 cm³/mol. The first-order chi connectivity index (χ1) is 5.77. The Kier molecular flexibility index (Phi) is 2.94. The van der Waals surface area contributed by atoms with Crippen LogP contribution < -0.4 is 16.2 Å². The van der Waals surface area contributed by atoms with Crippen molar-refractivity contribution in [3.05, 3.63) is 23.8 Å². The quantitative estimate of drug-likeness (QED) is 0.652. The molecule has 4 N–H and O–H groups in total. The van der Waals surface area contributed by atoms with Gasteiger partial charge in [0.1, 0.15) is 5.75 Å². The van der Waals surface area contributed by atoms with Gasteiger partial charge >= 0.3 is 0 Å². The molecule has 0 aliphatic rings. The first-order valence-electron chi connectivity index (χ1n) is 3.90. The summed E-state index contributed by atoms with van der Waals surface area (Å²) in [5.74, 6) is 0.785. The third-order valence-corrected chi connectivity index (χ3v) is 1.77. The summed E-state index contributed by atoms with van der Waals surface area (Å²) < 4.78 is 5.02. The molecule has 12 heavy (non-hydrogen) atoms. The Morgan fingerprint density at radius 2 is 2.17 bits per heavy atom. The van der Waals surface area contributed by atoms with Gasteiger partial charge in [0.2, 0.25) is 0 Å². The van der Waals surface area contributed by atoms with E-state index in [1.165, 1.54) is 0 Å². The molecule has 1 aromatic rings. The van der Waals surface area contributed by atoms with E-state index in [-0.39, 0.29) is 0 Å². The molecule has 3 nitrogen and oxygen atoms in total. The molecule has 0 aromatic heterocycles. The molecule has 0 spiro atoms. The summed E-state index contributed by atoms with van der Waals surface area (Å²) in [7, 11) is 1.62. The van der Waals surface area contributed by atoms with Gasteiger partial charge in [-0.1, -0.05) is 6.07 Å². The molecule has 66 valence electrons. The van der Waals surface area contributed by atoms with Gasteiger partial charge in [-0.2, -0.15) is 0 Å². The summed E-state index contributed by atoms with van der Waals surface area (Å²) in [6, 6.07) is 5.65. The lowest BCUT2D eigenvalue weighted by Crippen LogP contribution is -2.05. The highest BCUT2D eigenvalue weighted by Crippen LogP contribution is 2.19. The van der Waals surface area contributed by atoms with E-state index in [1.54, 1.807) is 7.11 Å². The van der Waals surface area contributed by atoms with E-state index < -0.39 is 0 Å². The molecule has 0 aliphatic heterocycles. The molecule has 0 fully saturated rings. The minimum Gasteiger partial charge on any atom is -0.497 e. The highest BCUT2D eigenvalue weighted by atomic mass is 16.5. The van der Waals surface area contributed by atoms with Crippen LogP contribution >= 0.6 is 0 Å². The molecule has 0 radical (unpaired) electrons. The number of nitrogens with two attached hydrogens (primary N) is 2. The van der Waals surface area contributed by atoms with Crippen LogP contribution in [-0.4, -0.2) is 13.7 Å². The third-order valence-electron chi connectivity index (χ3n) is 1.77. The molecule has 0 amide bonds. The van der Waals surface area contributed by atoms with Crippen molar-refractivity contribution in [1.29, 1.82) is 0 Å². The van der Waals surface area contributed by atoms with Crippen molar-refractivity contribution in [2.75, 3.05) is 19.4 Å². The zero-order chi connectivity index (χ0) is 8.97. The average Bonchev–Trinajstić information content (AvgIpc) is 2.09. The van der Waals surface area contributed by atoms with Gasteiger partial charge in [0, 0.05) is 11.8 Å². The molecular formula is C9H14N2O. The van der Waals surface area contributed by atoms with Gasteiger partial charge in [-0.05, 0) is 24.6 Å². The van der Waals surface area contributed by atoms with Gasteiger partial charge < -0.3 is 16.2 Å². The van der Waals surface area contributed by atoms with Crippen LogP contribution in [0.25, 0.3) is 0 Å². The smallest absolute Gasteiger partial charge is 0.120 e. The van der Waals surface area contributed by atoms with Gasteiger partial charge in [0.15, 0.2) is 0 Å². The van der Waals surface area contributed by atoms with E-state index in [4.69, 9.17) is 16.2 Å². The normalized spacial score (nSPS) is 9.83. The second kappa shape index (κ2) is 3.97. The fourth-order valence-corrected chi connectivity index (χ4v) is 1.08. The Bertz CT molecular complexity index is 261. The summed E-state index contributed by atoms with van der Waals surface area (Å²) in [5, 5.41) is 0. The second-order valence-corrected chi connectivity index (χ2v) is 2.60. The highest BCUT2D eigenvalue weighted by molar-refractivity contribution is 5.51. The summed E-state index contributed by atoms with van der Waals surface area (Å²) >= 11 is 0. The van der Waals surface area contributed by atoms with Crippen LogP contribution in [0.15, 0.2) is 18.2 Å². The first kappa shape index (κ1) is 8.87. The number of methoxy groups -OCH3 is 1. The van der Waals surface area contributed by atoms with Crippen molar-refractivity contribution >= 4 is 5.69 Å². The molecule has 0 bridgehead atoms. The number of anilines is 1. The topological polar surface area (TPSA) is 61.3 Å². The highest BCUT2D eigenvalue weighted by Gasteiger charge is 1.99. The first-order valence-corrected chi connectivity index (χ1v) is 3.90. The Balaban J connectivity index is 2.87. The minimum atomic E-state index is 0.622. The lowest BCUT2D eigenvalue weighted by Gasteiger charge is -2.05. The van der Waals surface area contributed by atoms with Crippen molar-refractivity contribution < 1.29 is 4.74 Å². The molecule has 0 aliphatic carbocycles. The van der Waals surface area contributed by atoms with Crippen LogP contribution in [-0.2, 0) is 6.42 Å². The molecule has 0 saturated carbocycles. The largest absolute Gasteiger partial charge is 0.497 e. The monoisotopic (exact) mass is 166 g/mol. The van der Waals surface area contributed by atoms with E-state index in [0.717, 1.165) is 23.4 Å². The molecule has 3 heteroatoms. The Hall–Kier alpha value is -1.22. The third kappa shape index (κ3) is 1.89. The Morgan fingerprint density at radius 3 is 2.67 bits per heavy atom. The molecule has 0 saturated heterocycles. The maximum atomic E-state index is 5.75. The Labute approximate surface area is 72.3 Å². The van der Waals surface area contributed by atoms with E-state index in [2.05, 4.69) is 0 Å². The van der Waals surface area contributed by atoms with Crippen LogP contribution in [0.1, 0.15) is 5.56 Å². The molecule has 0 heterocycles. The van der Waals surface area contributed by atoms with Crippen LogP contribution in [0.3, 0.4) is 0 Å². The van der Waals surface area contributed by atoms with Crippen molar-refractivity contribution in [1.82, 2.24) is 0 Å². The summed E-state index contributed by atoms with van der Waals surface area (Å²) in [5.41, 5.74) is 13.0. The summed E-state index contributed by atoms with van der Waals surface area (Å²) in [6.07, 6.45) is 0.815. The van der Waals surface area contributed by atoms with Crippen LogP contribution in [0.2, 0.25) is 0 Å². The van der Waals surface area contributed by atoms with Gasteiger partial charge in [-0.15, -0.1) is 0 Å². The van der Waals surface area contributed by atoms with Crippen molar-refractivity contribution in [3.63, 3.8) is 0 Å². The van der Waals surface area contributed by atoms with Crippen molar-refractivity contribution in [2.24, 2.45) is 5.73 Å². The van der Waals surface area contributed by atoms with E-state index in [0.29, 0.717) is 6.54 Å². The standard InChI is InChI=1S/C9H14N2O/c1-12-8-3-2-7(4-5-10)9(11)6-8/h2-3,6H,4-5,10-11H2,1H3. The SMILES string of the molecule is COc1ccc(CCN)c(N)c1. The minimum absolute atomic E-state index is 0.622. The van der Waals surface area contributed by atoms with Crippen LogP contribution in [0.4, 0.5) is 5.69 Å². The van der Waals surface area contributed by atoms with Crippen LogP contribution in [0.5, 0.6) is 5.75 Å². The number of ether oxygens (including phenoxy) is 1. The summed E-state index contributed by atoms with van der Waals surface area (Å²) in [6.45, 7) is 0.622. The number of nitrogen functional groups attached to an aromatic ring is 1. The maximum Gasteiger partial charge on any atom is 0.120 e. The molecule has 0 unspecified atom stereocenters. The molecular weight excluding hydrogens is 152 g/mol. The van der Waals surface area contributed by atoms with Crippen molar-refractivity contribution in [3.8, 4) is 5.75 Å². The van der Waals surface area contributed by atoms with E-state index in [9.17, 15) is 0 Å². The molecule has 1 rings (SSSR count). The zero-order valence-corrected chi connectivity index (χ0v) is 7.21. The zero-order valence-electron chi connectivity index (χ0n) is 7.21. The number of rotatable bonds is 3. The summed E-state index contributed by atoms with van der Waals surface area (Å²) in [4.78, 5) is 0. The molecule has 0 atom stereocenters. The lowest BCUT2D eigenvalue weighted by molar-refractivity contribution is 0.415. The molecule has 1 aromatic carbocycles. The van der Waals surface area contributed by atoms with Gasteiger partial charge in [0.05, 0.1) is 7.11 Å². The van der Waals surface area contributed by atoms with Gasteiger partial charge in [-0.3, -0.25) is 0 Å². The fourth-order valence-electron chi connectivity index (χ4n) is 1.08. The van der Waals surface area contributed by atoms with Crippen LogP contribution in [0, 0.1) is 0 Å². The van der Waals surface area contributed by atoms with Gasteiger partial charge in [0.25, 0.3) is 0 Å². The maximum absolute atomic E-state index is 5.75. The van der Waals surface area contributed by atoms with Gasteiger partial charge in [-0.25, -0.2) is 0 Å². The number of hydrogen-bond acceptors (Lipinski definition) is 3. The number of hydrogen-bond donors (Lipinski definition) is 2. The second-order valence-electron chi connectivity index (χ2n) is 2.60. The average molecular weight is 166 g/mol. The Morgan fingerprint density at radius 1 is 1.42 bits per heavy atom. The predicted octanol–water partition coefficient (Wildman–Crippen LogP) is 0.779. The van der Waals surface area contributed by atoms with E-state index in [1.807, 2.05) is 18.2 Å².